The van der Waals surface area contributed by atoms with Crippen LogP contribution in [-0.4, -0.2) is 16.6 Å². The fourth-order valence-electron chi connectivity index (χ4n) is 4.65. The van der Waals surface area contributed by atoms with Crippen molar-refractivity contribution in [3.63, 3.8) is 0 Å². The molecular formula is C32H46O2Si2. The first-order valence-corrected chi connectivity index (χ1v) is 19.4. The largest absolute Gasteiger partial charge is 0.543 e. The van der Waals surface area contributed by atoms with E-state index < -0.39 is 16.6 Å². The summed E-state index contributed by atoms with van der Waals surface area (Å²) in [7, 11) is -3.75. The second-order valence-electron chi connectivity index (χ2n) is 13.8. The Morgan fingerprint density at radius 2 is 0.972 bits per heavy atom. The van der Waals surface area contributed by atoms with E-state index in [9.17, 15) is 0 Å². The monoisotopic (exact) mass is 518 g/mol. The zero-order valence-electron chi connectivity index (χ0n) is 24.2. The zero-order valence-corrected chi connectivity index (χ0v) is 26.2. The lowest BCUT2D eigenvalue weighted by molar-refractivity contribution is 0.490. The number of fused-ring (bicyclic) bond motifs is 2. The summed E-state index contributed by atoms with van der Waals surface area (Å²) in [5, 5.41) is 0.375. The van der Waals surface area contributed by atoms with E-state index in [0.29, 0.717) is 11.8 Å². The first-order chi connectivity index (χ1) is 16.6. The molecule has 4 rings (SSSR count). The second kappa shape index (κ2) is 9.36. The van der Waals surface area contributed by atoms with Crippen LogP contribution in [0.15, 0.2) is 48.6 Å². The fraction of sp³-hybridized carbons (Fsp3) is 0.500. The van der Waals surface area contributed by atoms with Gasteiger partial charge in [0.2, 0.25) is 0 Å². The topological polar surface area (TPSA) is 18.5 Å². The number of hydrogen-bond donors (Lipinski definition) is 0. The minimum atomic E-state index is -1.88. The Bertz CT molecular complexity index is 1080. The van der Waals surface area contributed by atoms with Crippen molar-refractivity contribution in [3.05, 3.63) is 70.8 Å². The van der Waals surface area contributed by atoms with Crippen molar-refractivity contribution in [1.82, 2.24) is 0 Å². The van der Waals surface area contributed by atoms with Crippen molar-refractivity contribution in [2.75, 3.05) is 0 Å². The summed E-state index contributed by atoms with van der Waals surface area (Å²) in [6, 6.07) is 13.3. The predicted molar refractivity (Wildman–Crippen MR) is 161 cm³/mol. The molecule has 0 fully saturated rings. The van der Waals surface area contributed by atoms with Crippen LogP contribution in [-0.2, 0) is 0 Å². The summed E-state index contributed by atoms with van der Waals surface area (Å²) >= 11 is 0. The molecule has 2 aromatic carbocycles. The third-order valence-corrected chi connectivity index (χ3v) is 17.8. The highest BCUT2D eigenvalue weighted by Crippen LogP contribution is 2.46. The van der Waals surface area contributed by atoms with Gasteiger partial charge in [-0.2, -0.15) is 0 Å². The lowest BCUT2D eigenvalue weighted by Gasteiger charge is -2.37. The standard InChI is InChI=1S/C32H46O2Si2/c1-31(2,3)35(7,8)33-29-15-11-13-25-23(19-21-27(25)29)17-18-24-20-22-28-26(24)14-12-16-30(28)34-36(9,10)32(4,5)6/h11-16,19-24H,17-18H2,1-10H3. The van der Waals surface area contributed by atoms with Gasteiger partial charge in [0.1, 0.15) is 11.5 Å². The molecule has 0 aromatic heterocycles. The van der Waals surface area contributed by atoms with E-state index in [2.05, 4.69) is 128 Å². The maximum Gasteiger partial charge on any atom is 0.250 e. The number of rotatable bonds is 7. The predicted octanol–water partition coefficient (Wildman–Crippen LogP) is 10.2. The lowest BCUT2D eigenvalue weighted by atomic mass is 9.89. The number of benzene rings is 2. The Balaban J connectivity index is 1.47. The maximum atomic E-state index is 6.72. The molecule has 2 nitrogen and oxygen atoms in total. The number of allylic oxidation sites excluding steroid dienone is 2. The second-order valence-corrected chi connectivity index (χ2v) is 23.2. The Kier molecular flexibility index (Phi) is 7.02. The molecule has 0 heterocycles. The van der Waals surface area contributed by atoms with E-state index in [1.54, 1.807) is 0 Å². The van der Waals surface area contributed by atoms with Gasteiger partial charge < -0.3 is 8.85 Å². The van der Waals surface area contributed by atoms with Crippen LogP contribution >= 0.6 is 0 Å². The normalized spacial score (nSPS) is 19.4. The molecule has 36 heavy (non-hydrogen) atoms. The lowest BCUT2D eigenvalue weighted by Crippen LogP contribution is -2.44. The Labute approximate surface area is 222 Å². The highest BCUT2D eigenvalue weighted by atomic mass is 28.4. The van der Waals surface area contributed by atoms with E-state index in [0.717, 1.165) is 24.3 Å². The summed E-state index contributed by atoms with van der Waals surface area (Å²) in [6.45, 7) is 23.1. The quantitative estimate of drug-likeness (QED) is 0.339. The molecule has 0 saturated carbocycles. The molecule has 2 unspecified atom stereocenters. The molecule has 194 valence electrons. The molecule has 0 aliphatic heterocycles. The van der Waals surface area contributed by atoms with Gasteiger partial charge in [0.15, 0.2) is 0 Å². The van der Waals surface area contributed by atoms with E-state index in [1.807, 2.05) is 0 Å². The van der Waals surface area contributed by atoms with Crippen molar-refractivity contribution in [1.29, 1.82) is 0 Å². The van der Waals surface area contributed by atoms with Gasteiger partial charge in [0.25, 0.3) is 16.6 Å². The first kappa shape index (κ1) is 27.0. The summed E-state index contributed by atoms with van der Waals surface area (Å²) in [6.07, 6.45) is 11.6. The fourth-order valence-corrected chi connectivity index (χ4v) is 6.72. The molecule has 0 spiro atoms. The summed E-state index contributed by atoms with van der Waals surface area (Å²) in [4.78, 5) is 0. The Morgan fingerprint density at radius 3 is 1.31 bits per heavy atom. The van der Waals surface area contributed by atoms with Crippen LogP contribution in [0.4, 0.5) is 0 Å². The highest BCUT2D eigenvalue weighted by Gasteiger charge is 2.41. The smallest absolute Gasteiger partial charge is 0.250 e. The van der Waals surface area contributed by atoms with Gasteiger partial charge in [-0.15, -0.1) is 0 Å². The minimum absolute atomic E-state index is 0.187. The van der Waals surface area contributed by atoms with Crippen LogP contribution in [0, 0.1) is 0 Å². The summed E-state index contributed by atoms with van der Waals surface area (Å²) < 4.78 is 13.4. The van der Waals surface area contributed by atoms with Gasteiger partial charge in [0, 0.05) is 23.0 Å². The van der Waals surface area contributed by atoms with Gasteiger partial charge in [0.05, 0.1) is 0 Å². The highest BCUT2D eigenvalue weighted by molar-refractivity contribution is 6.75. The van der Waals surface area contributed by atoms with Crippen LogP contribution in [0.25, 0.3) is 12.2 Å². The molecule has 0 saturated heterocycles. The minimum Gasteiger partial charge on any atom is -0.543 e. The number of hydrogen-bond acceptors (Lipinski definition) is 2. The summed E-state index contributed by atoms with van der Waals surface area (Å²) in [5.41, 5.74) is 5.42. The van der Waals surface area contributed by atoms with Crippen molar-refractivity contribution >= 4 is 28.8 Å². The average molecular weight is 519 g/mol. The van der Waals surface area contributed by atoms with Crippen molar-refractivity contribution in [2.45, 2.75) is 102 Å². The van der Waals surface area contributed by atoms with Gasteiger partial charge in [-0.05, 0) is 72.4 Å². The first-order valence-electron chi connectivity index (χ1n) is 13.6. The molecule has 2 atom stereocenters. The van der Waals surface area contributed by atoms with Crippen LogP contribution in [0.3, 0.4) is 0 Å². The maximum absolute atomic E-state index is 6.72. The van der Waals surface area contributed by atoms with Gasteiger partial charge in [-0.1, -0.05) is 90.1 Å². The van der Waals surface area contributed by atoms with Crippen molar-refractivity contribution in [3.8, 4) is 11.5 Å². The Hall–Kier alpha value is -2.05. The van der Waals surface area contributed by atoms with Crippen LogP contribution in [0.1, 0.15) is 88.5 Å². The van der Waals surface area contributed by atoms with E-state index in [4.69, 9.17) is 8.85 Å². The molecule has 0 radical (unpaired) electrons. The molecule has 0 N–H and O–H groups in total. The Morgan fingerprint density at radius 1 is 0.611 bits per heavy atom. The molecule has 0 amide bonds. The van der Waals surface area contributed by atoms with Gasteiger partial charge in [-0.25, -0.2) is 0 Å². The van der Waals surface area contributed by atoms with Crippen LogP contribution < -0.4 is 8.85 Å². The molecular weight excluding hydrogens is 473 g/mol. The third kappa shape index (κ3) is 5.17. The van der Waals surface area contributed by atoms with Crippen molar-refractivity contribution < 1.29 is 8.85 Å². The molecule has 2 aromatic rings. The zero-order chi connectivity index (χ0) is 26.5. The van der Waals surface area contributed by atoms with Gasteiger partial charge >= 0.3 is 0 Å². The molecule has 4 heteroatoms. The van der Waals surface area contributed by atoms with Crippen molar-refractivity contribution in [2.24, 2.45) is 0 Å². The van der Waals surface area contributed by atoms with Crippen LogP contribution in [0.5, 0.6) is 11.5 Å². The third-order valence-electron chi connectivity index (χ3n) is 9.12. The van der Waals surface area contributed by atoms with Crippen LogP contribution in [0.2, 0.25) is 36.3 Å². The van der Waals surface area contributed by atoms with Gasteiger partial charge in [-0.3, -0.25) is 0 Å². The average Bonchev–Trinajstić information content (AvgIpc) is 3.35. The molecule has 2 aliphatic carbocycles. The van der Waals surface area contributed by atoms with E-state index >= 15 is 0 Å². The van der Waals surface area contributed by atoms with E-state index in [1.165, 1.54) is 22.3 Å². The van der Waals surface area contributed by atoms with E-state index in [-0.39, 0.29) is 10.1 Å². The molecule has 2 aliphatic rings. The summed E-state index contributed by atoms with van der Waals surface area (Å²) in [5.74, 6) is 3.03. The molecule has 0 bridgehead atoms. The SMILES string of the molecule is CC(C)(C)[Si](C)(C)Oc1cccc2c1C=CC2CCC1C=Cc2c(O[Si](C)(C)C(C)(C)C)cccc21.